The molecule has 1 aliphatic heterocycles. The van der Waals surface area contributed by atoms with Gasteiger partial charge in [0.2, 0.25) is 0 Å². The minimum Gasteiger partial charge on any atom is -0.496 e. The molecular formula is C30H23Cl3N2O5S. The Morgan fingerprint density at radius 3 is 2.49 bits per heavy atom. The van der Waals surface area contributed by atoms with Crippen LogP contribution in [0.25, 0.3) is 6.08 Å². The van der Waals surface area contributed by atoms with Gasteiger partial charge in [0.25, 0.3) is 5.56 Å². The fourth-order valence-electron chi connectivity index (χ4n) is 4.57. The Morgan fingerprint density at radius 1 is 1.02 bits per heavy atom. The van der Waals surface area contributed by atoms with Crippen molar-refractivity contribution < 1.29 is 19.0 Å². The van der Waals surface area contributed by atoms with Crippen LogP contribution in [-0.2, 0) is 16.1 Å². The summed E-state index contributed by atoms with van der Waals surface area (Å²) in [6.07, 6.45) is 1.74. The van der Waals surface area contributed by atoms with Crippen LogP contribution in [0, 0.1) is 0 Å². The SMILES string of the molecule is COC(=O)C1=C(C)N=c2s/c(=C\c3ccccc3OCc3ccc(Cl)cc3Cl)c(=O)n2[C@H]1c1cc(Cl)ccc1OC. The fourth-order valence-corrected chi connectivity index (χ4v) is 6.25. The van der Waals surface area contributed by atoms with Crippen molar-refractivity contribution >= 4 is 58.2 Å². The van der Waals surface area contributed by atoms with Crippen LogP contribution in [0.3, 0.4) is 0 Å². The number of fused-ring (bicyclic) bond motifs is 1. The number of methoxy groups -OCH3 is 2. The summed E-state index contributed by atoms with van der Waals surface area (Å²) >= 11 is 19.9. The Morgan fingerprint density at radius 2 is 1.76 bits per heavy atom. The van der Waals surface area contributed by atoms with E-state index in [-0.39, 0.29) is 17.7 Å². The van der Waals surface area contributed by atoms with Crippen LogP contribution >= 0.6 is 46.1 Å². The lowest BCUT2D eigenvalue weighted by atomic mass is 9.95. The zero-order valence-corrected chi connectivity index (χ0v) is 25.2. The number of thiazole rings is 1. The molecule has 1 aliphatic rings. The molecule has 0 spiro atoms. The van der Waals surface area contributed by atoms with Gasteiger partial charge in [-0.1, -0.05) is 70.4 Å². The number of hydrogen-bond donors (Lipinski definition) is 0. The van der Waals surface area contributed by atoms with Crippen molar-refractivity contribution in [2.24, 2.45) is 4.99 Å². The molecule has 2 heterocycles. The maximum Gasteiger partial charge on any atom is 0.338 e. The van der Waals surface area contributed by atoms with Crippen molar-refractivity contribution in [1.82, 2.24) is 4.57 Å². The van der Waals surface area contributed by atoms with E-state index in [9.17, 15) is 9.59 Å². The van der Waals surface area contributed by atoms with Gasteiger partial charge in [-0.15, -0.1) is 0 Å². The molecule has 5 rings (SSSR count). The number of aromatic nitrogens is 1. The van der Waals surface area contributed by atoms with Crippen LogP contribution in [0.2, 0.25) is 15.1 Å². The zero-order valence-electron chi connectivity index (χ0n) is 22.1. The molecule has 11 heteroatoms. The number of carbonyl (C=O) groups is 1. The lowest BCUT2D eigenvalue weighted by Gasteiger charge is -2.25. The first kappa shape index (κ1) is 29.0. The van der Waals surface area contributed by atoms with Gasteiger partial charge in [0, 0.05) is 31.8 Å². The smallest absolute Gasteiger partial charge is 0.338 e. The summed E-state index contributed by atoms with van der Waals surface area (Å²) in [7, 11) is 2.80. The average Bonchev–Trinajstić information content (AvgIpc) is 3.26. The summed E-state index contributed by atoms with van der Waals surface area (Å²) in [6.45, 7) is 1.91. The molecule has 1 aromatic heterocycles. The topological polar surface area (TPSA) is 79.1 Å². The van der Waals surface area contributed by atoms with Crippen molar-refractivity contribution in [2.45, 2.75) is 19.6 Å². The molecule has 0 aliphatic carbocycles. The highest BCUT2D eigenvalue weighted by atomic mass is 35.5. The lowest BCUT2D eigenvalue weighted by molar-refractivity contribution is -0.136. The van der Waals surface area contributed by atoms with Crippen molar-refractivity contribution in [3.8, 4) is 11.5 Å². The number of carbonyl (C=O) groups excluding carboxylic acids is 1. The third kappa shape index (κ3) is 5.78. The summed E-state index contributed by atoms with van der Waals surface area (Å²) in [5, 5.41) is 1.46. The van der Waals surface area contributed by atoms with E-state index in [0.717, 1.165) is 5.56 Å². The standard InChI is InChI=1S/C30H23Cl3N2O5S/c1-16-26(29(37)39-3)27(21-13-19(31)10-11-24(21)38-2)35-28(36)25(41-30(35)34-16)12-17-6-4-5-7-23(17)40-15-18-8-9-20(32)14-22(18)33/h4-14,27H,15H2,1-3H3/b25-12-/t27-/m0/s1. The van der Waals surface area contributed by atoms with Crippen LogP contribution in [0.1, 0.15) is 29.7 Å². The number of hydrogen-bond acceptors (Lipinski definition) is 7. The van der Waals surface area contributed by atoms with Gasteiger partial charge in [-0.3, -0.25) is 9.36 Å². The Kier molecular flexibility index (Phi) is 8.56. The minimum atomic E-state index is -0.868. The van der Waals surface area contributed by atoms with E-state index in [1.807, 2.05) is 24.3 Å². The van der Waals surface area contributed by atoms with Gasteiger partial charge in [0.05, 0.1) is 30.0 Å². The van der Waals surface area contributed by atoms with Gasteiger partial charge in [-0.2, -0.15) is 0 Å². The van der Waals surface area contributed by atoms with E-state index in [1.54, 1.807) is 49.4 Å². The van der Waals surface area contributed by atoms with Crippen molar-refractivity contribution in [3.63, 3.8) is 0 Å². The van der Waals surface area contributed by atoms with E-state index >= 15 is 0 Å². The van der Waals surface area contributed by atoms with Gasteiger partial charge < -0.3 is 14.2 Å². The van der Waals surface area contributed by atoms with E-state index in [1.165, 1.54) is 30.1 Å². The third-order valence-corrected chi connectivity index (χ3v) is 8.32. The van der Waals surface area contributed by atoms with Crippen molar-refractivity contribution in [3.05, 3.63) is 123 Å². The molecule has 0 fully saturated rings. The number of rotatable bonds is 7. The third-order valence-electron chi connectivity index (χ3n) is 6.52. The Balaban J connectivity index is 1.63. The summed E-state index contributed by atoms with van der Waals surface area (Å²) < 4.78 is 18.6. The van der Waals surface area contributed by atoms with E-state index in [0.29, 0.717) is 52.7 Å². The predicted molar refractivity (Wildman–Crippen MR) is 161 cm³/mol. The molecule has 0 saturated heterocycles. The molecule has 7 nitrogen and oxygen atoms in total. The molecule has 0 radical (unpaired) electrons. The van der Waals surface area contributed by atoms with Crippen molar-refractivity contribution in [1.29, 1.82) is 0 Å². The summed E-state index contributed by atoms with van der Waals surface area (Å²) in [5.74, 6) is 0.417. The van der Waals surface area contributed by atoms with Crippen LogP contribution in [0.5, 0.6) is 11.5 Å². The molecule has 1 atom stereocenters. The molecular weight excluding hydrogens is 607 g/mol. The Bertz CT molecular complexity index is 1880. The normalized spacial score (nSPS) is 14.9. The van der Waals surface area contributed by atoms with E-state index < -0.39 is 12.0 Å². The molecule has 0 N–H and O–H groups in total. The molecule has 0 saturated carbocycles. The largest absolute Gasteiger partial charge is 0.496 e. The molecule has 0 unspecified atom stereocenters. The number of nitrogens with zero attached hydrogens (tertiary/aromatic N) is 2. The molecule has 41 heavy (non-hydrogen) atoms. The molecule has 0 amide bonds. The highest BCUT2D eigenvalue weighted by molar-refractivity contribution is 7.07. The summed E-state index contributed by atoms with van der Waals surface area (Å²) in [5.41, 5.74) is 2.29. The highest BCUT2D eigenvalue weighted by Crippen LogP contribution is 2.37. The maximum absolute atomic E-state index is 14.0. The number of allylic oxidation sites excluding steroid dienone is 1. The molecule has 4 aromatic rings. The minimum absolute atomic E-state index is 0.207. The Hall–Kier alpha value is -3.56. The van der Waals surface area contributed by atoms with E-state index in [2.05, 4.69) is 4.99 Å². The quantitative estimate of drug-likeness (QED) is 0.236. The fraction of sp³-hybridized carbons (Fsp3) is 0.167. The number of esters is 1. The first-order chi connectivity index (χ1) is 19.7. The lowest BCUT2D eigenvalue weighted by Crippen LogP contribution is -2.40. The van der Waals surface area contributed by atoms with Crippen LogP contribution in [-0.4, -0.2) is 24.8 Å². The monoisotopic (exact) mass is 628 g/mol. The van der Waals surface area contributed by atoms with Crippen molar-refractivity contribution in [2.75, 3.05) is 14.2 Å². The molecule has 3 aromatic carbocycles. The number of halogens is 3. The van der Waals surface area contributed by atoms with Crippen LogP contribution in [0.4, 0.5) is 0 Å². The number of benzene rings is 3. The second kappa shape index (κ2) is 12.1. The average molecular weight is 630 g/mol. The van der Waals surface area contributed by atoms with Gasteiger partial charge >= 0.3 is 5.97 Å². The van der Waals surface area contributed by atoms with Gasteiger partial charge in [-0.05, 0) is 49.4 Å². The first-order valence-electron chi connectivity index (χ1n) is 12.3. The second-order valence-corrected chi connectivity index (χ2v) is 11.3. The predicted octanol–water partition coefficient (Wildman–Crippen LogP) is 5.96. The highest BCUT2D eigenvalue weighted by Gasteiger charge is 2.35. The van der Waals surface area contributed by atoms with Gasteiger partial charge in [-0.25, -0.2) is 9.79 Å². The van der Waals surface area contributed by atoms with Gasteiger partial charge in [0.15, 0.2) is 4.80 Å². The van der Waals surface area contributed by atoms with Crippen LogP contribution < -0.4 is 24.4 Å². The summed E-state index contributed by atoms with van der Waals surface area (Å²) in [4.78, 5) is 32.0. The number of ether oxygens (including phenoxy) is 3. The zero-order chi connectivity index (χ0) is 29.3. The van der Waals surface area contributed by atoms with E-state index in [4.69, 9.17) is 49.0 Å². The summed E-state index contributed by atoms with van der Waals surface area (Å²) in [6, 6.07) is 16.7. The first-order valence-corrected chi connectivity index (χ1v) is 14.3. The molecule has 0 bridgehead atoms. The Labute approximate surface area is 254 Å². The molecule has 210 valence electrons. The second-order valence-electron chi connectivity index (χ2n) is 9.02. The van der Waals surface area contributed by atoms with Crippen LogP contribution in [0.15, 0.2) is 81.7 Å². The van der Waals surface area contributed by atoms with Gasteiger partial charge in [0.1, 0.15) is 24.1 Å². The number of para-hydroxylation sites is 1. The maximum atomic E-state index is 14.0.